The number of hydrogen-bond donors (Lipinski definition) is 0. The van der Waals surface area contributed by atoms with Crippen LogP contribution in [-0.4, -0.2) is 11.4 Å². The summed E-state index contributed by atoms with van der Waals surface area (Å²) in [5, 5.41) is 0. The summed E-state index contributed by atoms with van der Waals surface area (Å²) >= 11 is -2.82. The summed E-state index contributed by atoms with van der Waals surface area (Å²) < 4.78 is 2.42. The normalized spacial score (nSPS) is 19.1. The zero-order valence-electron chi connectivity index (χ0n) is 7.57. The van der Waals surface area contributed by atoms with Gasteiger partial charge in [0.25, 0.3) is 0 Å². The van der Waals surface area contributed by atoms with E-state index in [0.717, 1.165) is 0 Å². The molecule has 0 unspecified atom stereocenters. The molecule has 0 saturated carbocycles. The fraction of sp³-hybridized carbons (Fsp3) is 0.200. The molecule has 13 heavy (non-hydrogen) atoms. The zero-order chi connectivity index (χ0) is 9.64. The Kier molecular flexibility index (Phi) is 2.25. The van der Waals surface area contributed by atoms with Gasteiger partial charge in [0.1, 0.15) is 0 Å². The minimum atomic E-state index is -2.82. The second-order valence-corrected chi connectivity index (χ2v) is 15.4. The second kappa shape index (κ2) is 3.04. The monoisotopic (exact) mass is 274 g/mol. The SMILES string of the molecule is CC1=[C](C)[Ge]([Cl])([Cl])[c]2ccccc21. The van der Waals surface area contributed by atoms with Gasteiger partial charge in [-0.25, -0.2) is 0 Å². The molecule has 0 aliphatic carbocycles. The number of hydrogen-bond acceptors (Lipinski definition) is 0. The zero-order valence-corrected chi connectivity index (χ0v) is 11.2. The van der Waals surface area contributed by atoms with Crippen LogP contribution in [-0.2, 0) is 0 Å². The van der Waals surface area contributed by atoms with Crippen LogP contribution in [0, 0.1) is 0 Å². The van der Waals surface area contributed by atoms with Gasteiger partial charge in [0.2, 0.25) is 0 Å². The van der Waals surface area contributed by atoms with E-state index in [1.165, 1.54) is 19.9 Å². The number of fused-ring (bicyclic) bond motifs is 1. The van der Waals surface area contributed by atoms with E-state index in [4.69, 9.17) is 20.0 Å². The summed E-state index contributed by atoms with van der Waals surface area (Å²) in [7, 11) is 12.9. The van der Waals surface area contributed by atoms with Gasteiger partial charge in [-0.15, -0.1) is 0 Å². The molecule has 0 N–H and O–H groups in total. The fourth-order valence-electron chi connectivity index (χ4n) is 1.72. The van der Waals surface area contributed by atoms with Crippen molar-refractivity contribution in [2.45, 2.75) is 13.8 Å². The maximum absolute atomic E-state index is 6.44. The molecule has 1 aliphatic heterocycles. The third-order valence-electron chi connectivity index (χ3n) is 2.70. The minimum absolute atomic E-state index is 1.20. The van der Waals surface area contributed by atoms with Crippen LogP contribution in [0.5, 0.6) is 0 Å². The van der Waals surface area contributed by atoms with Crippen molar-refractivity contribution in [3.8, 4) is 0 Å². The van der Waals surface area contributed by atoms with Gasteiger partial charge in [0, 0.05) is 0 Å². The summed E-state index contributed by atoms with van der Waals surface area (Å²) in [4.78, 5) is 0. The Balaban J connectivity index is 2.74. The fourth-order valence-corrected chi connectivity index (χ4v) is 8.95. The molecule has 0 spiro atoms. The average Bonchev–Trinajstić information content (AvgIpc) is 2.30. The van der Waals surface area contributed by atoms with E-state index in [1.54, 1.807) is 0 Å². The van der Waals surface area contributed by atoms with Gasteiger partial charge in [-0.1, -0.05) is 0 Å². The van der Waals surface area contributed by atoms with Gasteiger partial charge in [0.15, 0.2) is 0 Å². The molecule has 2 rings (SSSR count). The van der Waals surface area contributed by atoms with Crippen molar-refractivity contribution < 1.29 is 0 Å². The molecular formula is C10H10Cl2Ge. The van der Waals surface area contributed by atoms with E-state index in [2.05, 4.69) is 26.0 Å². The molecule has 1 aromatic carbocycles. The van der Waals surface area contributed by atoms with Crippen molar-refractivity contribution >= 4 is 41.4 Å². The molecular weight excluding hydrogens is 264 g/mol. The Hall–Kier alpha value is 0.0829. The number of benzene rings is 1. The standard InChI is InChI=1S/C10H10Cl2Ge/c1-7-8(2)13(11,12)10-6-4-3-5-9(7)10/h3-6H,1-2H3. The number of halogens is 2. The summed E-state index contributed by atoms with van der Waals surface area (Å²) in [5.41, 5.74) is 2.53. The Morgan fingerprint density at radius 2 is 1.69 bits per heavy atom. The molecule has 0 aromatic heterocycles. The average molecular weight is 274 g/mol. The third kappa shape index (κ3) is 1.27. The Bertz CT molecular complexity index is 394. The van der Waals surface area contributed by atoms with Crippen LogP contribution in [0.4, 0.5) is 0 Å². The molecule has 0 fully saturated rings. The van der Waals surface area contributed by atoms with Gasteiger partial charge in [-0.2, -0.15) is 0 Å². The molecule has 0 nitrogen and oxygen atoms in total. The molecule has 0 bridgehead atoms. The van der Waals surface area contributed by atoms with Crippen LogP contribution in [0.25, 0.3) is 5.57 Å². The summed E-state index contributed by atoms with van der Waals surface area (Å²) in [6, 6.07) is 8.21. The van der Waals surface area contributed by atoms with Gasteiger partial charge >= 0.3 is 89.5 Å². The van der Waals surface area contributed by atoms with E-state index < -0.39 is 11.4 Å². The van der Waals surface area contributed by atoms with Gasteiger partial charge in [-0.3, -0.25) is 0 Å². The molecule has 0 amide bonds. The van der Waals surface area contributed by atoms with Crippen LogP contribution in [0.2, 0.25) is 0 Å². The van der Waals surface area contributed by atoms with Crippen molar-refractivity contribution in [1.82, 2.24) is 0 Å². The van der Waals surface area contributed by atoms with Gasteiger partial charge < -0.3 is 0 Å². The topological polar surface area (TPSA) is 0 Å². The van der Waals surface area contributed by atoms with Crippen LogP contribution in [0.3, 0.4) is 0 Å². The third-order valence-corrected chi connectivity index (χ3v) is 12.9. The second-order valence-electron chi connectivity index (χ2n) is 3.37. The Morgan fingerprint density at radius 3 is 2.31 bits per heavy atom. The van der Waals surface area contributed by atoms with Gasteiger partial charge in [-0.05, 0) is 0 Å². The molecule has 1 aliphatic rings. The predicted molar refractivity (Wildman–Crippen MR) is 61.8 cm³/mol. The van der Waals surface area contributed by atoms with E-state index in [9.17, 15) is 0 Å². The Labute approximate surface area is 89.3 Å². The molecule has 68 valence electrons. The van der Waals surface area contributed by atoms with Crippen LogP contribution in [0.1, 0.15) is 19.4 Å². The van der Waals surface area contributed by atoms with Crippen molar-refractivity contribution in [3.05, 3.63) is 34.2 Å². The Morgan fingerprint density at radius 1 is 1.08 bits per heavy atom. The van der Waals surface area contributed by atoms with E-state index in [-0.39, 0.29) is 0 Å². The summed E-state index contributed by atoms with van der Waals surface area (Å²) in [6.07, 6.45) is 0. The molecule has 1 heterocycles. The van der Waals surface area contributed by atoms with Crippen molar-refractivity contribution in [1.29, 1.82) is 0 Å². The van der Waals surface area contributed by atoms with Crippen molar-refractivity contribution in [2.75, 3.05) is 0 Å². The first kappa shape index (κ1) is 9.63. The molecule has 0 atom stereocenters. The number of allylic oxidation sites excluding steroid dienone is 2. The molecule has 0 saturated heterocycles. The first-order valence-corrected chi connectivity index (χ1v) is 11.8. The van der Waals surface area contributed by atoms with Crippen molar-refractivity contribution in [3.63, 3.8) is 0 Å². The van der Waals surface area contributed by atoms with E-state index >= 15 is 0 Å². The number of rotatable bonds is 0. The predicted octanol–water partition coefficient (Wildman–Crippen LogP) is 3.16. The molecule has 3 heteroatoms. The quantitative estimate of drug-likeness (QED) is 0.637. The van der Waals surface area contributed by atoms with Crippen LogP contribution >= 0.6 is 20.0 Å². The first-order valence-electron chi connectivity index (χ1n) is 4.21. The van der Waals surface area contributed by atoms with E-state index in [1.807, 2.05) is 12.1 Å². The van der Waals surface area contributed by atoms with Gasteiger partial charge in [0.05, 0.1) is 0 Å². The molecule has 1 aromatic rings. The summed E-state index contributed by atoms with van der Waals surface area (Å²) in [6.45, 7) is 4.17. The van der Waals surface area contributed by atoms with Crippen molar-refractivity contribution in [2.24, 2.45) is 0 Å². The summed E-state index contributed by atoms with van der Waals surface area (Å²) in [5.74, 6) is 0. The maximum atomic E-state index is 6.44. The van der Waals surface area contributed by atoms with Crippen LogP contribution in [0.15, 0.2) is 28.7 Å². The van der Waals surface area contributed by atoms with E-state index in [0.29, 0.717) is 0 Å². The first-order chi connectivity index (χ1) is 6.05. The molecule has 0 radical (unpaired) electrons. The van der Waals surface area contributed by atoms with Crippen LogP contribution < -0.4 is 4.40 Å².